The Morgan fingerprint density at radius 1 is 1.40 bits per heavy atom. The zero-order valence-corrected chi connectivity index (χ0v) is 9.36. The minimum absolute atomic E-state index is 0.346. The predicted octanol–water partition coefficient (Wildman–Crippen LogP) is -0.498. The first-order valence-electron chi connectivity index (χ1n) is 4.79. The Kier molecular flexibility index (Phi) is 2.81. The van der Waals surface area contributed by atoms with Crippen molar-refractivity contribution in [3.8, 4) is 0 Å². The normalized spacial score (nSPS) is 44.9. The standard InChI is InChI=1S/C9H14O5S/c1-9(2)13-4-3-15-8(12)6(11)5(10)7(4)14-9/h4-7,10-11H,3H2,1-2H3/t4-,5-,6-,7+/m1/s1. The van der Waals surface area contributed by atoms with Gasteiger partial charge in [-0.15, -0.1) is 0 Å². The summed E-state index contributed by atoms with van der Waals surface area (Å²) in [5, 5.41) is 18.8. The molecule has 0 saturated carbocycles. The van der Waals surface area contributed by atoms with E-state index in [0.29, 0.717) is 5.75 Å². The fraction of sp³-hybridized carbons (Fsp3) is 0.889. The third-order valence-corrected chi connectivity index (χ3v) is 3.53. The van der Waals surface area contributed by atoms with Gasteiger partial charge in [-0.3, -0.25) is 4.79 Å². The van der Waals surface area contributed by atoms with Gasteiger partial charge in [-0.1, -0.05) is 11.8 Å². The van der Waals surface area contributed by atoms with Crippen LogP contribution in [0.3, 0.4) is 0 Å². The van der Waals surface area contributed by atoms with E-state index in [4.69, 9.17) is 9.47 Å². The molecule has 2 aliphatic heterocycles. The number of carbonyl (C=O) groups is 1. The van der Waals surface area contributed by atoms with Gasteiger partial charge in [0.15, 0.2) is 11.9 Å². The summed E-state index contributed by atoms with van der Waals surface area (Å²) in [6, 6.07) is 0. The molecule has 2 N–H and O–H groups in total. The van der Waals surface area contributed by atoms with Gasteiger partial charge in [-0.25, -0.2) is 0 Å². The molecule has 0 amide bonds. The highest BCUT2D eigenvalue weighted by molar-refractivity contribution is 8.13. The van der Waals surface area contributed by atoms with E-state index in [1.54, 1.807) is 13.8 Å². The van der Waals surface area contributed by atoms with Crippen molar-refractivity contribution in [1.82, 2.24) is 0 Å². The van der Waals surface area contributed by atoms with E-state index in [2.05, 4.69) is 0 Å². The van der Waals surface area contributed by atoms with Gasteiger partial charge in [-0.05, 0) is 13.8 Å². The molecule has 2 saturated heterocycles. The predicted molar refractivity (Wildman–Crippen MR) is 53.3 cm³/mol. The number of ether oxygens (including phenoxy) is 2. The first-order chi connectivity index (χ1) is 6.91. The molecule has 4 atom stereocenters. The van der Waals surface area contributed by atoms with Crippen molar-refractivity contribution < 1.29 is 24.5 Å². The minimum atomic E-state index is -1.39. The van der Waals surface area contributed by atoms with Crippen LogP contribution in [0.5, 0.6) is 0 Å². The van der Waals surface area contributed by atoms with Crippen LogP contribution in [-0.4, -0.2) is 51.3 Å². The summed E-state index contributed by atoms with van der Waals surface area (Å²) in [6.45, 7) is 3.49. The summed E-state index contributed by atoms with van der Waals surface area (Å²) in [6.07, 6.45) is -3.57. The van der Waals surface area contributed by atoms with Gasteiger partial charge in [0.25, 0.3) is 0 Å². The average Bonchev–Trinajstić information content (AvgIpc) is 2.43. The van der Waals surface area contributed by atoms with Crippen molar-refractivity contribution in [3.63, 3.8) is 0 Å². The molecule has 15 heavy (non-hydrogen) atoms. The SMILES string of the molecule is CC1(C)O[C@@H]2[C@H](O)[C@@H](O)C(=O)SC[C@H]2O1. The third-order valence-electron chi connectivity index (χ3n) is 2.51. The van der Waals surface area contributed by atoms with Gasteiger partial charge in [0.05, 0.1) is 6.10 Å². The number of fused-ring (bicyclic) bond motifs is 1. The molecule has 2 fully saturated rings. The number of carbonyl (C=O) groups excluding carboxylic acids is 1. The number of rotatable bonds is 0. The van der Waals surface area contributed by atoms with E-state index in [1.807, 2.05) is 0 Å². The van der Waals surface area contributed by atoms with Crippen molar-refractivity contribution in [2.75, 3.05) is 5.75 Å². The Hall–Kier alpha value is -0.140. The lowest BCUT2D eigenvalue weighted by Crippen LogP contribution is -2.43. The van der Waals surface area contributed by atoms with Gasteiger partial charge >= 0.3 is 0 Å². The number of hydrogen-bond donors (Lipinski definition) is 2. The highest BCUT2D eigenvalue weighted by Gasteiger charge is 2.50. The van der Waals surface area contributed by atoms with Crippen LogP contribution in [0.2, 0.25) is 0 Å². The zero-order chi connectivity index (χ0) is 11.2. The molecule has 86 valence electrons. The Morgan fingerprint density at radius 2 is 2.07 bits per heavy atom. The lowest BCUT2D eigenvalue weighted by molar-refractivity contribution is -0.164. The lowest BCUT2D eigenvalue weighted by Gasteiger charge is -2.22. The summed E-state index contributed by atoms with van der Waals surface area (Å²) in [5.74, 6) is -0.363. The maximum atomic E-state index is 11.3. The molecule has 0 spiro atoms. The molecule has 2 heterocycles. The van der Waals surface area contributed by atoms with Crippen LogP contribution in [0, 0.1) is 0 Å². The van der Waals surface area contributed by atoms with Crippen LogP contribution in [0.1, 0.15) is 13.8 Å². The summed E-state index contributed by atoms with van der Waals surface area (Å²) in [5.41, 5.74) is 0. The Labute approximate surface area is 91.7 Å². The highest BCUT2D eigenvalue weighted by Crippen LogP contribution is 2.35. The fourth-order valence-corrected chi connectivity index (χ4v) is 2.75. The Morgan fingerprint density at radius 3 is 2.73 bits per heavy atom. The fourth-order valence-electron chi connectivity index (χ4n) is 1.85. The van der Waals surface area contributed by atoms with Crippen molar-refractivity contribution >= 4 is 16.9 Å². The van der Waals surface area contributed by atoms with Crippen molar-refractivity contribution in [2.24, 2.45) is 0 Å². The smallest absolute Gasteiger partial charge is 0.220 e. The molecule has 6 heteroatoms. The Balaban J connectivity index is 2.19. The van der Waals surface area contributed by atoms with Crippen LogP contribution in [0.4, 0.5) is 0 Å². The van der Waals surface area contributed by atoms with E-state index in [1.165, 1.54) is 0 Å². The largest absolute Gasteiger partial charge is 0.387 e. The molecular formula is C9H14O5S. The summed E-state index contributed by atoms with van der Waals surface area (Å²) >= 11 is 0.974. The van der Waals surface area contributed by atoms with Crippen LogP contribution >= 0.6 is 11.8 Å². The number of aliphatic hydroxyl groups is 2. The van der Waals surface area contributed by atoms with Gasteiger partial charge < -0.3 is 19.7 Å². The molecule has 0 aliphatic carbocycles. The van der Waals surface area contributed by atoms with E-state index >= 15 is 0 Å². The number of aliphatic hydroxyl groups excluding tert-OH is 2. The number of hydrogen-bond acceptors (Lipinski definition) is 6. The molecule has 2 rings (SSSR count). The Bertz CT molecular complexity index is 280. The van der Waals surface area contributed by atoms with Gasteiger partial charge in [-0.2, -0.15) is 0 Å². The maximum absolute atomic E-state index is 11.3. The quantitative estimate of drug-likeness (QED) is 0.588. The van der Waals surface area contributed by atoms with E-state index in [9.17, 15) is 15.0 Å². The second-order valence-corrected chi connectivity index (χ2v) is 5.23. The molecule has 0 radical (unpaired) electrons. The van der Waals surface area contributed by atoms with Crippen molar-refractivity contribution in [3.05, 3.63) is 0 Å². The molecule has 2 aliphatic rings. The topological polar surface area (TPSA) is 76.0 Å². The first-order valence-corrected chi connectivity index (χ1v) is 5.78. The first kappa shape index (κ1) is 11.3. The monoisotopic (exact) mass is 234 g/mol. The molecule has 0 aromatic carbocycles. The van der Waals surface area contributed by atoms with Crippen LogP contribution in [-0.2, 0) is 14.3 Å². The molecule has 5 nitrogen and oxygen atoms in total. The molecule has 0 unspecified atom stereocenters. The lowest BCUT2D eigenvalue weighted by atomic mass is 10.1. The molecule has 0 bridgehead atoms. The maximum Gasteiger partial charge on any atom is 0.220 e. The molecular weight excluding hydrogens is 220 g/mol. The minimum Gasteiger partial charge on any atom is -0.387 e. The number of thioether (sulfide) groups is 1. The summed E-state index contributed by atoms with van der Waals surface area (Å²) < 4.78 is 11.0. The van der Waals surface area contributed by atoms with Crippen LogP contribution in [0.25, 0.3) is 0 Å². The highest BCUT2D eigenvalue weighted by atomic mass is 32.2. The van der Waals surface area contributed by atoms with Gasteiger partial charge in [0.1, 0.15) is 12.2 Å². The van der Waals surface area contributed by atoms with Crippen molar-refractivity contribution in [2.45, 2.75) is 44.1 Å². The third kappa shape index (κ3) is 2.05. The van der Waals surface area contributed by atoms with Crippen LogP contribution in [0.15, 0.2) is 0 Å². The van der Waals surface area contributed by atoms with Gasteiger partial charge in [0, 0.05) is 5.75 Å². The van der Waals surface area contributed by atoms with Gasteiger partial charge in [0.2, 0.25) is 5.12 Å². The molecule has 0 aromatic heterocycles. The average molecular weight is 234 g/mol. The second kappa shape index (κ2) is 3.71. The van der Waals surface area contributed by atoms with Crippen molar-refractivity contribution in [1.29, 1.82) is 0 Å². The summed E-state index contributed by atoms with van der Waals surface area (Å²) in [4.78, 5) is 11.3. The second-order valence-electron chi connectivity index (χ2n) is 4.20. The molecule has 0 aromatic rings. The van der Waals surface area contributed by atoms with E-state index in [0.717, 1.165) is 11.8 Å². The summed E-state index contributed by atoms with van der Waals surface area (Å²) in [7, 11) is 0. The van der Waals surface area contributed by atoms with Crippen LogP contribution < -0.4 is 0 Å². The zero-order valence-electron chi connectivity index (χ0n) is 8.54. The van der Waals surface area contributed by atoms with E-state index < -0.39 is 29.2 Å². The van der Waals surface area contributed by atoms with E-state index in [-0.39, 0.29) is 6.10 Å².